The van der Waals surface area contributed by atoms with Crippen LogP contribution in [-0.4, -0.2) is 73.7 Å². The molecule has 5 nitrogen and oxygen atoms in total. The minimum absolute atomic E-state index is 0.0408. The van der Waals surface area contributed by atoms with E-state index in [1.165, 1.54) is 5.56 Å². The Balaban J connectivity index is 1.53. The Bertz CT molecular complexity index is 579. The van der Waals surface area contributed by atoms with Crippen LogP contribution in [0.25, 0.3) is 0 Å². The third kappa shape index (κ3) is 4.84. The first-order valence-electron chi connectivity index (χ1n) is 10.0. The molecule has 1 aromatic carbocycles. The molecule has 0 bridgehead atoms. The average molecular weight is 360 g/mol. The van der Waals surface area contributed by atoms with Crippen LogP contribution < -0.4 is 4.90 Å². The van der Waals surface area contributed by atoms with Gasteiger partial charge in [-0.3, -0.25) is 14.6 Å². The highest BCUT2D eigenvalue weighted by molar-refractivity contribution is 5.97. The van der Waals surface area contributed by atoms with Crippen LogP contribution in [0.15, 0.2) is 24.3 Å². The van der Waals surface area contributed by atoms with Crippen molar-refractivity contribution in [2.45, 2.75) is 45.8 Å². The molecule has 2 fully saturated rings. The van der Waals surface area contributed by atoms with Crippen LogP contribution in [0, 0.1) is 6.92 Å². The van der Waals surface area contributed by atoms with Crippen molar-refractivity contribution >= 4 is 11.6 Å². The molecule has 3 rings (SSSR count). The zero-order chi connectivity index (χ0) is 18.5. The normalized spacial score (nSPS) is 23.0. The summed E-state index contributed by atoms with van der Waals surface area (Å²) in [4.78, 5) is 19.9. The van der Waals surface area contributed by atoms with Crippen molar-refractivity contribution in [1.29, 1.82) is 0 Å². The molecule has 1 unspecified atom stereocenters. The average Bonchev–Trinajstić information content (AvgIpc) is 2.63. The first-order valence-corrected chi connectivity index (χ1v) is 10.0. The Kier molecular flexibility index (Phi) is 6.68. The smallest absolute Gasteiger partial charge is 0.244 e. The van der Waals surface area contributed by atoms with E-state index >= 15 is 0 Å². The maximum absolute atomic E-state index is 13.1. The molecule has 1 amide bonds. The third-order valence-electron chi connectivity index (χ3n) is 5.46. The lowest BCUT2D eigenvalue weighted by atomic mass is 10.0. The highest BCUT2D eigenvalue weighted by Crippen LogP contribution is 2.24. The van der Waals surface area contributed by atoms with E-state index in [4.69, 9.17) is 4.74 Å². The van der Waals surface area contributed by atoms with Gasteiger partial charge in [-0.1, -0.05) is 17.7 Å². The van der Waals surface area contributed by atoms with Crippen LogP contribution >= 0.6 is 0 Å². The number of hydrogen-bond donors (Lipinski definition) is 0. The zero-order valence-electron chi connectivity index (χ0n) is 16.5. The fraction of sp³-hybridized carbons (Fsp3) is 0.667. The van der Waals surface area contributed by atoms with Crippen LogP contribution in [0.5, 0.6) is 0 Å². The van der Waals surface area contributed by atoms with Crippen molar-refractivity contribution < 1.29 is 9.53 Å². The lowest BCUT2D eigenvalue weighted by Crippen LogP contribution is -2.58. The molecule has 2 saturated heterocycles. The molecule has 2 aliphatic heterocycles. The Morgan fingerprint density at radius 3 is 2.42 bits per heavy atom. The van der Waals surface area contributed by atoms with E-state index in [2.05, 4.69) is 54.8 Å². The van der Waals surface area contributed by atoms with E-state index in [0.717, 1.165) is 64.4 Å². The molecule has 5 heteroatoms. The van der Waals surface area contributed by atoms with Gasteiger partial charge in [-0.2, -0.15) is 0 Å². The highest BCUT2D eigenvalue weighted by Gasteiger charge is 2.35. The van der Waals surface area contributed by atoms with Crippen molar-refractivity contribution in [2.75, 3.05) is 50.8 Å². The summed E-state index contributed by atoms with van der Waals surface area (Å²) in [7, 11) is 0. The number of carbonyl (C=O) groups is 1. The molecule has 0 aromatic heterocycles. The van der Waals surface area contributed by atoms with E-state index in [0.29, 0.717) is 6.10 Å². The summed E-state index contributed by atoms with van der Waals surface area (Å²) >= 11 is 0. The number of carbonyl (C=O) groups excluding carboxylic acids is 1. The monoisotopic (exact) mass is 359 g/mol. The Hall–Kier alpha value is -1.43. The number of benzene rings is 1. The number of piperazine rings is 1. The van der Waals surface area contributed by atoms with E-state index in [-0.39, 0.29) is 11.9 Å². The second kappa shape index (κ2) is 8.98. The van der Waals surface area contributed by atoms with Crippen LogP contribution in [-0.2, 0) is 9.53 Å². The molecule has 144 valence electrons. The molecule has 0 N–H and O–H groups in total. The van der Waals surface area contributed by atoms with Gasteiger partial charge in [-0.25, -0.2) is 0 Å². The fourth-order valence-electron chi connectivity index (χ4n) is 3.89. The molecule has 0 spiro atoms. The molecule has 0 saturated carbocycles. The molecule has 0 aliphatic carbocycles. The van der Waals surface area contributed by atoms with Gasteiger partial charge in [-0.05, 0) is 45.7 Å². The summed E-state index contributed by atoms with van der Waals surface area (Å²) in [5.41, 5.74) is 2.27. The first-order chi connectivity index (χ1) is 12.5. The lowest BCUT2D eigenvalue weighted by molar-refractivity contribution is -0.126. The SMILES string of the molecule is Cc1ccc(N2CCCC(N3CCN(CCOC(C)C)CC3)C2=O)cc1. The molecular weight excluding hydrogens is 326 g/mol. The molecule has 1 aromatic rings. The van der Waals surface area contributed by atoms with Crippen LogP contribution in [0.3, 0.4) is 0 Å². The summed E-state index contributed by atoms with van der Waals surface area (Å²) in [5.74, 6) is 0.275. The summed E-state index contributed by atoms with van der Waals surface area (Å²) in [6.07, 6.45) is 2.36. The standard InChI is InChI=1S/C21H33N3O2/c1-17(2)26-16-15-22-11-13-23(14-12-22)20-5-4-10-24(21(20)25)19-8-6-18(3)7-9-19/h6-9,17,20H,4-5,10-16H2,1-3H3. The molecule has 0 radical (unpaired) electrons. The second-order valence-corrected chi connectivity index (χ2v) is 7.78. The number of nitrogens with zero attached hydrogens (tertiary/aromatic N) is 3. The maximum Gasteiger partial charge on any atom is 0.244 e. The predicted octanol–water partition coefficient (Wildman–Crippen LogP) is 2.53. The predicted molar refractivity (Wildman–Crippen MR) is 106 cm³/mol. The van der Waals surface area contributed by atoms with Gasteiger partial charge in [0.05, 0.1) is 18.8 Å². The Morgan fingerprint density at radius 2 is 1.77 bits per heavy atom. The van der Waals surface area contributed by atoms with Crippen LogP contribution in [0.1, 0.15) is 32.3 Å². The zero-order valence-corrected chi connectivity index (χ0v) is 16.5. The van der Waals surface area contributed by atoms with Gasteiger partial charge in [0.25, 0.3) is 0 Å². The Morgan fingerprint density at radius 1 is 1.08 bits per heavy atom. The Labute approximate surface area is 157 Å². The van der Waals surface area contributed by atoms with Gasteiger partial charge >= 0.3 is 0 Å². The highest BCUT2D eigenvalue weighted by atomic mass is 16.5. The van der Waals surface area contributed by atoms with Gasteiger partial charge in [0, 0.05) is 45.0 Å². The van der Waals surface area contributed by atoms with E-state index in [1.807, 2.05) is 4.90 Å². The van der Waals surface area contributed by atoms with Crippen molar-refractivity contribution in [2.24, 2.45) is 0 Å². The van der Waals surface area contributed by atoms with Crippen molar-refractivity contribution in [1.82, 2.24) is 9.80 Å². The largest absolute Gasteiger partial charge is 0.377 e. The van der Waals surface area contributed by atoms with Crippen LogP contribution in [0.4, 0.5) is 5.69 Å². The lowest BCUT2D eigenvalue weighted by Gasteiger charge is -2.42. The molecule has 1 atom stereocenters. The van der Waals surface area contributed by atoms with E-state index in [9.17, 15) is 4.79 Å². The van der Waals surface area contributed by atoms with Gasteiger partial charge in [0.15, 0.2) is 0 Å². The number of rotatable bonds is 6. The minimum Gasteiger partial charge on any atom is -0.377 e. The van der Waals surface area contributed by atoms with Gasteiger partial charge in [-0.15, -0.1) is 0 Å². The molecule has 2 heterocycles. The van der Waals surface area contributed by atoms with Crippen molar-refractivity contribution in [3.63, 3.8) is 0 Å². The van der Waals surface area contributed by atoms with Gasteiger partial charge in [0.1, 0.15) is 0 Å². The quantitative estimate of drug-likeness (QED) is 0.782. The van der Waals surface area contributed by atoms with Gasteiger partial charge in [0.2, 0.25) is 5.91 Å². The van der Waals surface area contributed by atoms with Crippen molar-refractivity contribution in [3.05, 3.63) is 29.8 Å². The number of piperidine rings is 1. The topological polar surface area (TPSA) is 36.0 Å². The summed E-state index contributed by atoms with van der Waals surface area (Å²) in [6, 6.07) is 8.36. The number of anilines is 1. The van der Waals surface area contributed by atoms with E-state index < -0.39 is 0 Å². The second-order valence-electron chi connectivity index (χ2n) is 7.78. The number of aryl methyl sites for hydroxylation is 1. The first kappa shape index (κ1) is 19.3. The molecule has 26 heavy (non-hydrogen) atoms. The van der Waals surface area contributed by atoms with Crippen molar-refractivity contribution in [3.8, 4) is 0 Å². The maximum atomic E-state index is 13.1. The van der Waals surface area contributed by atoms with Gasteiger partial charge < -0.3 is 9.64 Å². The summed E-state index contributed by atoms with van der Waals surface area (Å²) < 4.78 is 5.66. The number of ether oxygens (including phenoxy) is 1. The van der Waals surface area contributed by atoms with Crippen LogP contribution in [0.2, 0.25) is 0 Å². The van der Waals surface area contributed by atoms with E-state index in [1.54, 1.807) is 0 Å². The summed E-state index contributed by atoms with van der Waals surface area (Å²) in [5, 5.41) is 0. The minimum atomic E-state index is 0.0408. The third-order valence-corrected chi connectivity index (χ3v) is 5.46. The molecular formula is C21H33N3O2. The number of hydrogen-bond acceptors (Lipinski definition) is 4. The number of amides is 1. The summed E-state index contributed by atoms with van der Waals surface area (Å²) in [6.45, 7) is 12.8. The fourth-order valence-corrected chi connectivity index (χ4v) is 3.89. The molecule has 2 aliphatic rings.